The Labute approximate surface area is 144 Å². The summed E-state index contributed by atoms with van der Waals surface area (Å²) in [7, 11) is 1.29. The van der Waals surface area contributed by atoms with E-state index in [4.69, 9.17) is 10.5 Å². The third kappa shape index (κ3) is 4.57. The van der Waals surface area contributed by atoms with Gasteiger partial charge in [-0.05, 0) is 42.8 Å². The molecule has 0 heterocycles. The number of amides is 1. The highest BCUT2D eigenvalue weighted by molar-refractivity contribution is 5.98. The second-order valence-corrected chi connectivity index (χ2v) is 5.23. The van der Waals surface area contributed by atoms with E-state index in [1.54, 1.807) is 31.2 Å². The Bertz CT molecular complexity index is 800. The fraction of sp³-hybridized carbons (Fsp3) is 0.167. The molecular formula is C18H18N2O5. The molecule has 0 spiro atoms. The quantitative estimate of drug-likeness (QED) is 0.637. The number of para-hydroxylation sites is 1. The van der Waals surface area contributed by atoms with Crippen LogP contribution in [0.15, 0.2) is 42.5 Å². The summed E-state index contributed by atoms with van der Waals surface area (Å²) in [4.78, 5) is 35.2. The average molecular weight is 342 g/mol. The maximum atomic E-state index is 12.0. The number of nitrogens with two attached hydrogens (primary N) is 1. The van der Waals surface area contributed by atoms with Crippen LogP contribution in [0, 0.1) is 6.92 Å². The predicted octanol–water partition coefficient (Wildman–Crippen LogP) is 2.16. The van der Waals surface area contributed by atoms with Crippen LogP contribution in [0.2, 0.25) is 0 Å². The van der Waals surface area contributed by atoms with Gasteiger partial charge in [0.05, 0.1) is 18.2 Å². The highest BCUT2D eigenvalue weighted by atomic mass is 16.5. The van der Waals surface area contributed by atoms with Crippen molar-refractivity contribution in [3.8, 4) is 0 Å². The van der Waals surface area contributed by atoms with Crippen molar-refractivity contribution in [1.29, 1.82) is 0 Å². The lowest BCUT2D eigenvalue weighted by Gasteiger charge is -2.09. The van der Waals surface area contributed by atoms with Gasteiger partial charge < -0.3 is 20.5 Å². The summed E-state index contributed by atoms with van der Waals surface area (Å²) in [6.45, 7) is 1.32. The van der Waals surface area contributed by atoms with E-state index >= 15 is 0 Å². The van der Waals surface area contributed by atoms with Crippen LogP contribution >= 0.6 is 0 Å². The third-order valence-electron chi connectivity index (χ3n) is 3.47. The van der Waals surface area contributed by atoms with Gasteiger partial charge in [0.25, 0.3) is 5.91 Å². The molecule has 7 nitrogen and oxygen atoms in total. The lowest BCUT2D eigenvalue weighted by Crippen LogP contribution is -2.21. The highest BCUT2D eigenvalue weighted by Gasteiger charge is 2.14. The summed E-state index contributed by atoms with van der Waals surface area (Å²) in [6, 6.07) is 11.1. The largest absolute Gasteiger partial charge is 0.465 e. The first-order valence-electron chi connectivity index (χ1n) is 7.43. The first-order chi connectivity index (χ1) is 11.9. The molecule has 0 unspecified atom stereocenters. The maximum Gasteiger partial charge on any atom is 0.340 e. The molecule has 0 saturated carbocycles. The van der Waals surface area contributed by atoms with Crippen molar-refractivity contribution in [2.24, 2.45) is 0 Å². The number of methoxy groups -OCH3 is 1. The molecule has 0 radical (unpaired) electrons. The van der Waals surface area contributed by atoms with Gasteiger partial charge >= 0.3 is 11.9 Å². The molecule has 0 aromatic heterocycles. The monoisotopic (exact) mass is 342 g/mol. The van der Waals surface area contributed by atoms with Crippen LogP contribution in [0.3, 0.4) is 0 Å². The van der Waals surface area contributed by atoms with Crippen molar-refractivity contribution in [3.63, 3.8) is 0 Å². The predicted molar refractivity (Wildman–Crippen MR) is 92.3 cm³/mol. The summed E-state index contributed by atoms with van der Waals surface area (Å²) in [5, 5.41) is 2.56. The smallest absolute Gasteiger partial charge is 0.340 e. The first kappa shape index (κ1) is 18.0. The molecule has 2 rings (SSSR count). The van der Waals surface area contributed by atoms with E-state index in [1.165, 1.54) is 25.3 Å². The molecule has 0 aliphatic carbocycles. The van der Waals surface area contributed by atoms with Crippen LogP contribution in [0.25, 0.3) is 0 Å². The van der Waals surface area contributed by atoms with Gasteiger partial charge in [-0.15, -0.1) is 0 Å². The van der Waals surface area contributed by atoms with Crippen molar-refractivity contribution in [2.45, 2.75) is 6.92 Å². The summed E-state index contributed by atoms with van der Waals surface area (Å²) in [6.07, 6.45) is 0. The Hall–Kier alpha value is -3.35. The van der Waals surface area contributed by atoms with Crippen LogP contribution in [0.1, 0.15) is 26.3 Å². The Balaban J connectivity index is 1.91. The zero-order valence-electron chi connectivity index (χ0n) is 13.9. The zero-order valence-corrected chi connectivity index (χ0v) is 13.9. The fourth-order valence-corrected chi connectivity index (χ4v) is 2.07. The van der Waals surface area contributed by atoms with Gasteiger partial charge in [-0.2, -0.15) is 0 Å². The SMILES string of the molecule is COC(=O)c1ccc(NC(=O)COC(=O)c2cccc(C)c2N)cc1. The lowest BCUT2D eigenvalue weighted by atomic mass is 10.1. The number of hydrogen-bond donors (Lipinski definition) is 2. The summed E-state index contributed by atoms with van der Waals surface area (Å²) in [5.74, 6) is -1.65. The topological polar surface area (TPSA) is 108 Å². The zero-order chi connectivity index (χ0) is 18.4. The molecule has 0 atom stereocenters. The molecule has 130 valence electrons. The summed E-state index contributed by atoms with van der Waals surface area (Å²) in [5.41, 5.74) is 7.95. The van der Waals surface area contributed by atoms with Crippen LogP contribution in [0.4, 0.5) is 11.4 Å². The van der Waals surface area contributed by atoms with Crippen molar-refractivity contribution in [1.82, 2.24) is 0 Å². The molecule has 0 bridgehead atoms. The van der Waals surface area contributed by atoms with Gasteiger partial charge in [-0.3, -0.25) is 4.79 Å². The Kier molecular flexibility index (Phi) is 5.73. The van der Waals surface area contributed by atoms with E-state index in [2.05, 4.69) is 10.1 Å². The minimum absolute atomic E-state index is 0.218. The molecule has 7 heteroatoms. The Morgan fingerprint density at radius 1 is 1.04 bits per heavy atom. The van der Waals surface area contributed by atoms with Crippen LogP contribution in [0.5, 0.6) is 0 Å². The average Bonchev–Trinajstić information content (AvgIpc) is 2.62. The van der Waals surface area contributed by atoms with E-state index in [0.717, 1.165) is 5.56 Å². The van der Waals surface area contributed by atoms with Gasteiger partial charge in [-0.25, -0.2) is 9.59 Å². The number of ether oxygens (including phenoxy) is 2. The molecule has 0 fully saturated rings. The van der Waals surface area contributed by atoms with Gasteiger partial charge in [-0.1, -0.05) is 12.1 Å². The highest BCUT2D eigenvalue weighted by Crippen LogP contribution is 2.17. The maximum absolute atomic E-state index is 12.0. The molecule has 2 aromatic rings. The number of anilines is 2. The molecule has 0 aliphatic rings. The molecule has 1 amide bonds. The van der Waals surface area contributed by atoms with Crippen LogP contribution in [-0.2, 0) is 14.3 Å². The molecule has 25 heavy (non-hydrogen) atoms. The molecule has 2 aromatic carbocycles. The number of esters is 2. The molecular weight excluding hydrogens is 324 g/mol. The van der Waals surface area contributed by atoms with Gasteiger partial charge in [0.2, 0.25) is 0 Å². The minimum Gasteiger partial charge on any atom is -0.465 e. The first-order valence-corrected chi connectivity index (χ1v) is 7.43. The molecule has 0 saturated heterocycles. The number of nitrogen functional groups attached to an aromatic ring is 1. The fourth-order valence-electron chi connectivity index (χ4n) is 2.07. The van der Waals surface area contributed by atoms with Crippen molar-refractivity contribution >= 4 is 29.2 Å². The minimum atomic E-state index is -0.669. The van der Waals surface area contributed by atoms with Crippen LogP contribution in [-0.4, -0.2) is 31.6 Å². The number of rotatable bonds is 5. The number of aryl methyl sites for hydroxylation is 1. The van der Waals surface area contributed by atoms with E-state index in [0.29, 0.717) is 16.9 Å². The number of carbonyl (C=O) groups is 3. The van der Waals surface area contributed by atoms with Gasteiger partial charge in [0.15, 0.2) is 6.61 Å². The second-order valence-electron chi connectivity index (χ2n) is 5.23. The number of nitrogens with one attached hydrogen (secondary N) is 1. The van der Waals surface area contributed by atoms with E-state index in [-0.39, 0.29) is 5.56 Å². The second kappa shape index (κ2) is 7.96. The summed E-state index contributed by atoms with van der Waals surface area (Å²) >= 11 is 0. The normalized spacial score (nSPS) is 10.0. The lowest BCUT2D eigenvalue weighted by molar-refractivity contribution is -0.119. The van der Waals surface area contributed by atoms with Crippen LogP contribution < -0.4 is 11.1 Å². The third-order valence-corrected chi connectivity index (χ3v) is 3.47. The number of carbonyl (C=O) groups excluding carboxylic acids is 3. The molecule has 3 N–H and O–H groups in total. The Morgan fingerprint density at radius 2 is 1.72 bits per heavy atom. The van der Waals surface area contributed by atoms with Gasteiger partial charge in [0.1, 0.15) is 0 Å². The van der Waals surface area contributed by atoms with Gasteiger partial charge in [0, 0.05) is 11.4 Å². The summed E-state index contributed by atoms with van der Waals surface area (Å²) < 4.78 is 9.56. The van der Waals surface area contributed by atoms with E-state index in [9.17, 15) is 14.4 Å². The number of hydrogen-bond acceptors (Lipinski definition) is 6. The van der Waals surface area contributed by atoms with Crippen molar-refractivity contribution < 1.29 is 23.9 Å². The van der Waals surface area contributed by atoms with Crippen molar-refractivity contribution in [2.75, 3.05) is 24.8 Å². The Morgan fingerprint density at radius 3 is 2.36 bits per heavy atom. The standard InChI is InChI=1S/C18H18N2O5/c1-11-4-3-5-14(16(11)19)18(23)25-10-15(21)20-13-8-6-12(7-9-13)17(22)24-2/h3-9H,10,19H2,1-2H3,(H,20,21). The van der Waals surface area contributed by atoms with Crippen molar-refractivity contribution in [3.05, 3.63) is 59.2 Å². The van der Waals surface area contributed by atoms with E-state index in [1.807, 2.05) is 0 Å². The molecule has 0 aliphatic heterocycles. The van der Waals surface area contributed by atoms with E-state index < -0.39 is 24.5 Å². The number of benzene rings is 2.